The van der Waals surface area contributed by atoms with Crippen LogP contribution in [-0.2, 0) is 11.2 Å². The number of amides is 1. The Morgan fingerprint density at radius 2 is 2.35 bits per heavy atom. The van der Waals surface area contributed by atoms with Crippen molar-refractivity contribution in [2.75, 3.05) is 5.88 Å². The van der Waals surface area contributed by atoms with E-state index in [0.29, 0.717) is 12.3 Å². The molecule has 92 valence electrons. The smallest absolute Gasteiger partial charge is 0.261 e. The van der Waals surface area contributed by atoms with Crippen molar-refractivity contribution in [3.8, 4) is 5.75 Å². The molecule has 0 saturated heterocycles. The molecule has 1 aromatic rings. The Balaban J connectivity index is 1.96. The summed E-state index contributed by atoms with van der Waals surface area (Å²) in [6.45, 7) is 2.00. The van der Waals surface area contributed by atoms with Crippen LogP contribution < -0.4 is 10.1 Å². The average molecular weight is 254 g/mol. The molecule has 0 fully saturated rings. The number of carbonyl (C=O) groups excluding carboxylic acids is 1. The maximum Gasteiger partial charge on any atom is 0.261 e. The van der Waals surface area contributed by atoms with Gasteiger partial charge in [-0.1, -0.05) is 25.1 Å². The number of carbonyl (C=O) groups is 1. The highest BCUT2D eigenvalue weighted by atomic mass is 35.5. The van der Waals surface area contributed by atoms with E-state index in [2.05, 4.69) is 5.32 Å². The van der Waals surface area contributed by atoms with E-state index in [1.165, 1.54) is 0 Å². The molecule has 0 aromatic heterocycles. The lowest BCUT2D eigenvalue weighted by molar-refractivity contribution is -0.127. The first-order valence-electron chi connectivity index (χ1n) is 5.85. The fourth-order valence-corrected chi connectivity index (χ4v) is 2.17. The normalized spacial score (nSPS) is 19.3. The molecular formula is C13H16ClNO2. The molecule has 2 atom stereocenters. The summed E-state index contributed by atoms with van der Waals surface area (Å²) in [6, 6.07) is 7.77. The Labute approximate surface area is 106 Å². The molecule has 1 N–H and O–H groups in total. The number of hydrogen-bond donors (Lipinski definition) is 1. The Bertz CT molecular complexity index is 379. The van der Waals surface area contributed by atoms with E-state index < -0.39 is 6.10 Å². The zero-order valence-electron chi connectivity index (χ0n) is 9.78. The second-order valence-electron chi connectivity index (χ2n) is 4.19. The number of nitrogens with one attached hydrogen (secondary N) is 1. The summed E-state index contributed by atoms with van der Waals surface area (Å²) < 4.78 is 5.60. The number of hydrogen-bond acceptors (Lipinski definition) is 2. The van der Waals surface area contributed by atoms with E-state index in [4.69, 9.17) is 16.3 Å². The van der Waals surface area contributed by atoms with Gasteiger partial charge < -0.3 is 10.1 Å². The second-order valence-corrected chi connectivity index (χ2v) is 4.50. The van der Waals surface area contributed by atoms with Gasteiger partial charge in [-0.05, 0) is 18.1 Å². The van der Waals surface area contributed by atoms with E-state index in [9.17, 15) is 4.79 Å². The maximum atomic E-state index is 11.9. The van der Waals surface area contributed by atoms with E-state index in [1.807, 2.05) is 31.2 Å². The van der Waals surface area contributed by atoms with E-state index in [1.54, 1.807) is 0 Å². The molecule has 2 rings (SSSR count). The molecule has 1 aromatic carbocycles. The van der Waals surface area contributed by atoms with Gasteiger partial charge in [0.2, 0.25) is 0 Å². The molecular weight excluding hydrogens is 238 g/mol. The average Bonchev–Trinajstić information content (AvgIpc) is 2.79. The summed E-state index contributed by atoms with van der Waals surface area (Å²) in [5, 5.41) is 2.90. The van der Waals surface area contributed by atoms with Crippen LogP contribution in [0.3, 0.4) is 0 Å². The van der Waals surface area contributed by atoms with Crippen LogP contribution in [0, 0.1) is 0 Å². The Morgan fingerprint density at radius 1 is 1.59 bits per heavy atom. The standard InChI is InChI=1S/C13H16ClNO2/c1-2-10(8-14)15-13(16)12-7-9-5-3-4-6-11(9)17-12/h3-6,10,12H,2,7-8H2,1H3,(H,15,16). The largest absolute Gasteiger partial charge is 0.480 e. The van der Waals surface area contributed by atoms with Crippen molar-refractivity contribution in [2.45, 2.75) is 31.9 Å². The molecule has 1 aliphatic rings. The Kier molecular flexibility index (Phi) is 3.89. The number of benzene rings is 1. The van der Waals surface area contributed by atoms with Gasteiger partial charge in [0.05, 0.1) is 0 Å². The molecule has 0 saturated carbocycles. The number of para-hydroxylation sites is 1. The molecule has 1 heterocycles. The Morgan fingerprint density at radius 3 is 3.00 bits per heavy atom. The zero-order chi connectivity index (χ0) is 12.3. The number of fused-ring (bicyclic) bond motifs is 1. The lowest BCUT2D eigenvalue weighted by Crippen LogP contribution is -2.43. The van der Waals surface area contributed by atoms with Crippen molar-refractivity contribution < 1.29 is 9.53 Å². The van der Waals surface area contributed by atoms with Crippen molar-refractivity contribution in [3.63, 3.8) is 0 Å². The highest BCUT2D eigenvalue weighted by Gasteiger charge is 2.29. The molecule has 17 heavy (non-hydrogen) atoms. The molecule has 0 aliphatic carbocycles. The van der Waals surface area contributed by atoms with Crippen LogP contribution in [0.25, 0.3) is 0 Å². The van der Waals surface area contributed by atoms with Gasteiger partial charge in [0.1, 0.15) is 5.75 Å². The zero-order valence-corrected chi connectivity index (χ0v) is 10.5. The van der Waals surface area contributed by atoms with Gasteiger partial charge in [-0.15, -0.1) is 11.6 Å². The number of halogens is 1. The Hall–Kier alpha value is -1.22. The first-order valence-corrected chi connectivity index (χ1v) is 6.39. The number of alkyl halides is 1. The van der Waals surface area contributed by atoms with Gasteiger partial charge in [-0.2, -0.15) is 0 Å². The summed E-state index contributed by atoms with van der Waals surface area (Å²) in [5.74, 6) is 1.17. The summed E-state index contributed by atoms with van der Waals surface area (Å²) in [6.07, 6.45) is 1.06. The van der Waals surface area contributed by atoms with Crippen molar-refractivity contribution in [2.24, 2.45) is 0 Å². The van der Waals surface area contributed by atoms with Crippen LogP contribution in [0.5, 0.6) is 5.75 Å². The van der Waals surface area contributed by atoms with Crippen LogP contribution in [0.15, 0.2) is 24.3 Å². The molecule has 0 bridgehead atoms. The van der Waals surface area contributed by atoms with Crippen LogP contribution in [0.2, 0.25) is 0 Å². The minimum atomic E-state index is -0.412. The fourth-order valence-electron chi connectivity index (χ4n) is 1.87. The van der Waals surface area contributed by atoms with E-state index in [0.717, 1.165) is 17.7 Å². The molecule has 2 unspecified atom stereocenters. The molecule has 0 radical (unpaired) electrons. The summed E-state index contributed by atoms with van der Waals surface area (Å²) in [7, 11) is 0. The first kappa shape index (κ1) is 12.2. The van der Waals surface area contributed by atoms with Crippen molar-refractivity contribution >= 4 is 17.5 Å². The predicted octanol–water partition coefficient (Wildman–Crippen LogP) is 2.12. The molecule has 0 spiro atoms. The number of ether oxygens (including phenoxy) is 1. The van der Waals surface area contributed by atoms with Crippen molar-refractivity contribution in [3.05, 3.63) is 29.8 Å². The first-order chi connectivity index (χ1) is 8.24. The van der Waals surface area contributed by atoms with E-state index in [-0.39, 0.29) is 11.9 Å². The van der Waals surface area contributed by atoms with Crippen LogP contribution >= 0.6 is 11.6 Å². The minimum Gasteiger partial charge on any atom is -0.480 e. The second kappa shape index (κ2) is 5.41. The highest BCUT2D eigenvalue weighted by Crippen LogP contribution is 2.28. The fraction of sp³-hybridized carbons (Fsp3) is 0.462. The van der Waals surface area contributed by atoms with Crippen molar-refractivity contribution in [1.82, 2.24) is 5.32 Å². The van der Waals surface area contributed by atoms with Gasteiger partial charge in [0, 0.05) is 18.3 Å². The monoisotopic (exact) mass is 253 g/mol. The third-order valence-electron chi connectivity index (χ3n) is 2.97. The lowest BCUT2D eigenvalue weighted by atomic mass is 10.1. The quantitative estimate of drug-likeness (QED) is 0.835. The van der Waals surface area contributed by atoms with Crippen molar-refractivity contribution in [1.29, 1.82) is 0 Å². The lowest BCUT2D eigenvalue weighted by Gasteiger charge is -2.17. The van der Waals surface area contributed by atoms with Crippen LogP contribution in [0.1, 0.15) is 18.9 Å². The summed E-state index contributed by atoms with van der Waals surface area (Å²) >= 11 is 5.75. The highest BCUT2D eigenvalue weighted by molar-refractivity contribution is 6.18. The summed E-state index contributed by atoms with van der Waals surface area (Å²) in [5.41, 5.74) is 1.09. The SMILES string of the molecule is CCC(CCl)NC(=O)C1Cc2ccccc2O1. The maximum absolute atomic E-state index is 11.9. The van der Waals surface area contributed by atoms with Gasteiger partial charge >= 0.3 is 0 Å². The third-order valence-corrected chi connectivity index (χ3v) is 3.34. The summed E-state index contributed by atoms with van der Waals surface area (Å²) in [4.78, 5) is 11.9. The minimum absolute atomic E-state index is 0.0245. The number of rotatable bonds is 4. The molecule has 1 amide bonds. The molecule has 4 heteroatoms. The third kappa shape index (κ3) is 2.72. The predicted molar refractivity (Wildman–Crippen MR) is 67.5 cm³/mol. The van der Waals surface area contributed by atoms with Gasteiger partial charge in [-0.3, -0.25) is 4.79 Å². The topological polar surface area (TPSA) is 38.3 Å². The van der Waals surface area contributed by atoms with Crippen LogP contribution in [0.4, 0.5) is 0 Å². The molecule has 3 nitrogen and oxygen atoms in total. The van der Waals surface area contributed by atoms with Gasteiger partial charge in [0.15, 0.2) is 6.10 Å². The van der Waals surface area contributed by atoms with Gasteiger partial charge in [0.25, 0.3) is 5.91 Å². The van der Waals surface area contributed by atoms with E-state index >= 15 is 0 Å². The van der Waals surface area contributed by atoms with Gasteiger partial charge in [-0.25, -0.2) is 0 Å². The van der Waals surface area contributed by atoms with Crippen LogP contribution in [-0.4, -0.2) is 23.9 Å². The molecule has 1 aliphatic heterocycles.